The van der Waals surface area contributed by atoms with E-state index in [0.29, 0.717) is 24.5 Å². The number of ketones is 2. The predicted molar refractivity (Wildman–Crippen MR) is 92.8 cm³/mol. The van der Waals surface area contributed by atoms with Crippen molar-refractivity contribution in [3.8, 4) is 11.5 Å². The van der Waals surface area contributed by atoms with E-state index in [0.717, 1.165) is 0 Å². The average molecular weight is 368 g/mol. The van der Waals surface area contributed by atoms with Crippen molar-refractivity contribution in [3.63, 3.8) is 0 Å². The average Bonchev–Trinajstić information content (AvgIpc) is 2.52. The van der Waals surface area contributed by atoms with Gasteiger partial charge in [-0.25, -0.2) is 0 Å². The van der Waals surface area contributed by atoms with Crippen molar-refractivity contribution in [2.24, 2.45) is 0 Å². The number of hydrogen-bond donors (Lipinski definition) is 3. The Bertz CT molecular complexity index is 820. The molecule has 0 amide bonds. The van der Waals surface area contributed by atoms with Crippen LogP contribution in [0.4, 0.5) is 0 Å². The number of phenolic OH excluding ortho intramolecular Hbond substituents is 2. The van der Waals surface area contributed by atoms with Crippen molar-refractivity contribution in [3.05, 3.63) is 58.1 Å². The highest BCUT2D eigenvalue weighted by molar-refractivity contribution is 6.30. The summed E-state index contributed by atoms with van der Waals surface area (Å²) in [5, 5.41) is 23.1. The first-order valence-corrected chi connectivity index (χ1v) is 7.62. The van der Waals surface area contributed by atoms with Crippen LogP contribution in [0.15, 0.2) is 30.3 Å². The van der Waals surface area contributed by atoms with E-state index < -0.39 is 5.78 Å². The lowest BCUT2D eigenvalue weighted by Crippen LogP contribution is -2.22. The number of carbonyl (C=O) groups is 2. The van der Waals surface area contributed by atoms with Crippen LogP contribution in [0.3, 0.4) is 0 Å². The van der Waals surface area contributed by atoms with Gasteiger partial charge in [0.2, 0.25) is 5.78 Å². The highest BCUT2D eigenvalue weighted by Crippen LogP contribution is 2.37. The number of nitrogens with one attached hydrogen (secondary N) is 1. The minimum absolute atomic E-state index is 0. The van der Waals surface area contributed by atoms with Gasteiger partial charge in [-0.1, -0.05) is 12.1 Å². The number of aromatic hydroxyl groups is 2. The van der Waals surface area contributed by atoms with Crippen LogP contribution in [0.2, 0.25) is 0 Å². The van der Waals surface area contributed by atoms with Crippen LogP contribution < -0.4 is 5.32 Å². The van der Waals surface area contributed by atoms with Crippen LogP contribution in [0.1, 0.15) is 37.4 Å². The van der Waals surface area contributed by atoms with Crippen LogP contribution >= 0.6 is 24.0 Å². The number of hydrogen-bond acceptors (Lipinski definition) is 5. The highest BCUT2D eigenvalue weighted by atomic mass is 35.5. The van der Waals surface area contributed by atoms with Crippen molar-refractivity contribution >= 4 is 35.6 Å². The minimum atomic E-state index is -0.550. The number of fused-ring (bicyclic) bond motifs is 2. The number of carbonyl (C=O) groups excluding carboxylic acids is 2. The van der Waals surface area contributed by atoms with Gasteiger partial charge in [-0.15, -0.1) is 24.0 Å². The Morgan fingerprint density at radius 1 is 0.958 bits per heavy atom. The third-order valence-corrected chi connectivity index (χ3v) is 3.95. The molecule has 0 aliphatic heterocycles. The first-order chi connectivity index (χ1) is 11.0. The summed E-state index contributed by atoms with van der Waals surface area (Å²) < 4.78 is 0. The maximum atomic E-state index is 12.6. The number of alkyl halides is 1. The molecule has 0 saturated heterocycles. The van der Waals surface area contributed by atoms with Gasteiger partial charge >= 0.3 is 0 Å². The third kappa shape index (κ3) is 2.98. The second-order valence-corrected chi connectivity index (χ2v) is 5.64. The summed E-state index contributed by atoms with van der Waals surface area (Å²) in [6, 6.07) is 7.37. The van der Waals surface area contributed by atoms with E-state index in [-0.39, 0.29) is 51.9 Å². The molecule has 0 radical (unpaired) electrons. The summed E-state index contributed by atoms with van der Waals surface area (Å²) in [7, 11) is 0. The van der Waals surface area contributed by atoms with Gasteiger partial charge in [0, 0.05) is 30.1 Å². The molecule has 7 heteroatoms. The van der Waals surface area contributed by atoms with E-state index in [1.54, 1.807) is 6.07 Å². The SMILES string of the molecule is Cl.O=C1c2cccc(O)c2C(=O)c2c(O)cc(CNCCCl)cc21. The van der Waals surface area contributed by atoms with E-state index in [1.165, 1.54) is 24.3 Å². The molecule has 1 aliphatic carbocycles. The number of halogens is 2. The van der Waals surface area contributed by atoms with E-state index in [4.69, 9.17) is 11.6 Å². The van der Waals surface area contributed by atoms with Crippen molar-refractivity contribution < 1.29 is 19.8 Å². The maximum absolute atomic E-state index is 12.6. The second-order valence-electron chi connectivity index (χ2n) is 5.26. The standard InChI is InChI=1S/C17H14ClNO4.ClH/c18-4-5-19-8-9-6-11-15(13(21)7-9)17(23)14-10(16(11)22)2-1-3-12(14)20;/h1-3,6-7,19-21H,4-5,8H2;1H. The monoisotopic (exact) mass is 367 g/mol. The molecule has 3 rings (SSSR count). The van der Waals surface area contributed by atoms with Gasteiger partial charge in [-0.05, 0) is 23.8 Å². The Kier molecular flexibility index (Phi) is 5.49. The predicted octanol–water partition coefficient (Wildman–Crippen LogP) is 2.62. The third-order valence-electron chi connectivity index (χ3n) is 3.76. The zero-order chi connectivity index (χ0) is 16.6. The Hall–Kier alpha value is -2.08. The van der Waals surface area contributed by atoms with Crippen molar-refractivity contribution in [2.45, 2.75) is 6.54 Å². The van der Waals surface area contributed by atoms with Gasteiger partial charge in [0.1, 0.15) is 11.5 Å². The maximum Gasteiger partial charge on any atom is 0.201 e. The molecule has 3 N–H and O–H groups in total. The smallest absolute Gasteiger partial charge is 0.201 e. The molecule has 24 heavy (non-hydrogen) atoms. The fraction of sp³-hybridized carbons (Fsp3) is 0.176. The number of benzene rings is 2. The molecule has 0 aromatic heterocycles. The largest absolute Gasteiger partial charge is 0.507 e. The first kappa shape index (κ1) is 18.3. The van der Waals surface area contributed by atoms with Gasteiger partial charge < -0.3 is 15.5 Å². The first-order valence-electron chi connectivity index (χ1n) is 7.08. The quantitative estimate of drug-likeness (QED) is 0.487. The van der Waals surface area contributed by atoms with E-state index in [1.807, 2.05) is 0 Å². The normalized spacial score (nSPS) is 12.4. The molecular weight excluding hydrogens is 353 g/mol. The Morgan fingerprint density at radius 3 is 2.38 bits per heavy atom. The molecule has 0 bridgehead atoms. The molecule has 1 aliphatic rings. The lowest BCUT2D eigenvalue weighted by molar-refractivity contribution is 0.0974. The van der Waals surface area contributed by atoms with E-state index in [9.17, 15) is 19.8 Å². The summed E-state index contributed by atoms with van der Waals surface area (Å²) in [4.78, 5) is 25.2. The lowest BCUT2D eigenvalue weighted by atomic mass is 9.82. The number of phenols is 2. The minimum Gasteiger partial charge on any atom is -0.507 e. The van der Waals surface area contributed by atoms with Gasteiger partial charge in [0.15, 0.2) is 5.78 Å². The van der Waals surface area contributed by atoms with Crippen molar-refractivity contribution in [1.82, 2.24) is 5.32 Å². The summed E-state index contributed by atoms with van der Waals surface area (Å²) >= 11 is 5.59. The molecular formula is C17H15Cl2NO4. The Labute approximate surface area is 149 Å². The van der Waals surface area contributed by atoms with Crippen LogP contribution in [0.5, 0.6) is 11.5 Å². The van der Waals surface area contributed by atoms with Gasteiger partial charge in [-0.2, -0.15) is 0 Å². The molecule has 0 unspecified atom stereocenters. The summed E-state index contributed by atoms with van der Waals surface area (Å²) in [6.07, 6.45) is 0. The lowest BCUT2D eigenvalue weighted by Gasteiger charge is -2.20. The molecule has 126 valence electrons. The van der Waals surface area contributed by atoms with Crippen molar-refractivity contribution in [2.75, 3.05) is 12.4 Å². The molecule has 5 nitrogen and oxygen atoms in total. The van der Waals surface area contributed by atoms with Crippen LogP contribution in [0, 0.1) is 0 Å². The van der Waals surface area contributed by atoms with Crippen LogP contribution in [-0.4, -0.2) is 34.2 Å². The molecule has 0 atom stereocenters. The molecule has 0 saturated carbocycles. The van der Waals surface area contributed by atoms with Gasteiger partial charge in [0.25, 0.3) is 0 Å². The molecule has 0 spiro atoms. The van der Waals surface area contributed by atoms with Crippen LogP contribution in [-0.2, 0) is 6.54 Å². The fourth-order valence-corrected chi connectivity index (χ4v) is 2.88. The highest BCUT2D eigenvalue weighted by Gasteiger charge is 2.34. The fourth-order valence-electron chi connectivity index (χ4n) is 2.74. The summed E-state index contributed by atoms with van der Waals surface area (Å²) in [5.41, 5.74) is 0.845. The Morgan fingerprint density at radius 2 is 1.67 bits per heavy atom. The summed E-state index contributed by atoms with van der Waals surface area (Å²) in [6.45, 7) is 1.00. The van der Waals surface area contributed by atoms with Gasteiger partial charge in [-0.3, -0.25) is 9.59 Å². The van der Waals surface area contributed by atoms with E-state index >= 15 is 0 Å². The molecule has 0 heterocycles. The Balaban J connectivity index is 0.00000208. The van der Waals surface area contributed by atoms with Gasteiger partial charge in [0.05, 0.1) is 11.1 Å². The summed E-state index contributed by atoms with van der Waals surface area (Å²) in [5.74, 6) is -1.03. The zero-order valence-corrected chi connectivity index (χ0v) is 14.1. The van der Waals surface area contributed by atoms with Crippen LogP contribution in [0.25, 0.3) is 0 Å². The molecule has 2 aromatic carbocycles. The molecule has 2 aromatic rings. The molecule has 0 fully saturated rings. The zero-order valence-electron chi connectivity index (χ0n) is 12.5. The van der Waals surface area contributed by atoms with E-state index in [2.05, 4.69) is 5.32 Å². The second kappa shape index (κ2) is 7.21. The number of rotatable bonds is 4. The topological polar surface area (TPSA) is 86.6 Å². The van der Waals surface area contributed by atoms with Crippen molar-refractivity contribution in [1.29, 1.82) is 0 Å².